The van der Waals surface area contributed by atoms with E-state index in [0.717, 1.165) is 12.8 Å². The minimum atomic E-state index is -0.813. The summed E-state index contributed by atoms with van der Waals surface area (Å²) in [6, 6.07) is 8.23. The van der Waals surface area contributed by atoms with Crippen molar-refractivity contribution in [3.8, 4) is 0 Å². The molecule has 1 aromatic carbocycles. The number of hydrogen-bond donors (Lipinski definition) is 1. The Kier molecular flexibility index (Phi) is 3.47. The molecule has 1 aromatic rings. The molecule has 1 atom stereocenters. The van der Waals surface area contributed by atoms with Gasteiger partial charge in [0, 0.05) is 13.0 Å². The van der Waals surface area contributed by atoms with Crippen molar-refractivity contribution in [3.63, 3.8) is 0 Å². The lowest BCUT2D eigenvalue weighted by atomic mass is 9.66. The van der Waals surface area contributed by atoms with Gasteiger partial charge in [-0.3, -0.25) is 9.59 Å². The third kappa shape index (κ3) is 2.33. The van der Waals surface area contributed by atoms with Crippen molar-refractivity contribution in [2.24, 2.45) is 5.41 Å². The van der Waals surface area contributed by atoms with E-state index in [1.807, 2.05) is 24.0 Å². The zero-order valence-corrected chi connectivity index (χ0v) is 12.3. The summed E-state index contributed by atoms with van der Waals surface area (Å²) in [7, 11) is 0. The maximum Gasteiger partial charge on any atom is 0.310 e. The van der Waals surface area contributed by atoms with Gasteiger partial charge in [-0.25, -0.2) is 0 Å². The van der Waals surface area contributed by atoms with Crippen LogP contribution < -0.4 is 0 Å². The van der Waals surface area contributed by atoms with Crippen LogP contribution in [0.1, 0.15) is 49.8 Å². The van der Waals surface area contributed by atoms with Gasteiger partial charge in [-0.1, -0.05) is 30.7 Å². The molecule has 1 heterocycles. The summed E-state index contributed by atoms with van der Waals surface area (Å²) < 4.78 is 0. The molecule has 1 N–H and O–H groups in total. The van der Waals surface area contributed by atoms with Crippen LogP contribution in [0.4, 0.5) is 0 Å². The predicted octanol–water partition coefficient (Wildman–Crippen LogP) is 2.78. The summed E-state index contributed by atoms with van der Waals surface area (Å²) in [4.78, 5) is 25.9. The first-order valence-electron chi connectivity index (χ1n) is 7.64. The quantitative estimate of drug-likeness (QED) is 0.930. The highest BCUT2D eigenvalue weighted by Gasteiger charge is 2.47. The molecule has 1 amide bonds. The van der Waals surface area contributed by atoms with Gasteiger partial charge in [0.25, 0.3) is 0 Å². The Morgan fingerprint density at radius 1 is 1.33 bits per heavy atom. The Balaban J connectivity index is 1.76. The van der Waals surface area contributed by atoms with Crippen molar-refractivity contribution in [1.82, 2.24) is 4.90 Å². The molecule has 1 aliphatic carbocycles. The van der Waals surface area contributed by atoms with Gasteiger partial charge < -0.3 is 10.0 Å². The standard InChI is InChI=1S/C17H21NO3/c1-12-14-6-3-2-5-13(14)7-10-18(12)15(19)11-17(16(20)21)8-4-9-17/h2-3,5-6,12H,4,7-11H2,1H3,(H,20,21). The summed E-state index contributed by atoms with van der Waals surface area (Å²) in [5.41, 5.74) is 1.69. The van der Waals surface area contributed by atoms with Crippen LogP contribution in [-0.2, 0) is 16.0 Å². The Morgan fingerprint density at radius 3 is 2.67 bits per heavy atom. The molecule has 1 saturated carbocycles. The van der Waals surface area contributed by atoms with Gasteiger partial charge in [0.15, 0.2) is 0 Å². The number of carbonyl (C=O) groups is 2. The van der Waals surface area contributed by atoms with Crippen molar-refractivity contribution < 1.29 is 14.7 Å². The number of nitrogens with zero attached hydrogens (tertiary/aromatic N) is 1. The second-order valence-corrected chi connectivity index (χ2v) is 6.33. The molecule has 0 radical (unpaired) electrons. The molecular formula is C17H21NO3. The van der Waals surface area contributed by atoms with E-state index >= 15 is 0 Å². The van der Waals surface area contributed by atoms with E-state index in [4.69, 9.17) is 0 Å². The molecule has 0 spiro atoms. The van der Waals surface area contributed by atoms with Crippen molar-refractivity contribution >= 4 is 11.9 Å². The van der Waals surface area contributed by atoms with Crippen LogP contribution in [0.2, 0.25) is 0 Å². The van der Waals surface area contributed by atoms with Crippen LogP contribution >= 0.6 is 0 Å². The average molecular weight is 287 g/mol. The van der Waals surface area contributed by atoms with Crippen LogP contribution in [0.5, 0.6) is 0 Å². The molecule has 112 valence electrons. The van der Waals surface area contributed by atoms with E-state index in [2.05, 4.69) is 12.1 Å². The third-order valence-electron chi connectivity index (χ3n) is 5.17. The molecule has 0 saturated heterocycles. The van der Waals surface area contributed by atoms with E-state index in [1.54, 1.807) is 0 Å². The highest BCUT2D eigenvalue weighted by Crippen LogP contribution is 2.45. The molecule has 1 fully saturated rings. The van der Waals surface area contributed by atoms with Crippen LogP contribution in [0, 0.1) is 5.41 Å². The van der Waals surface area contributed by atoms with Crippen molar-refractivity contribution in [2.45, 2.75) is 45.1 Å². The minimum absolute atomic E-state index is 0.0147. The lowest BCUT2D eigenvalue weighted by Crippen LogP contribution is -2.46. The maximum atomic E-state index is 12.6. The van der Waals surface area contributed by atoms with E-state index in [9.17, 15) is 14.7 Å². The van der Waals surface area contributed by atoms with Crippen molar-refractivity contribution in [3.05, 3.63) is 35.4 Å². The molecule has 2 aliphatic rings. The zero-order chi connectivity index (χ0) is 15.0. The Morgan fingerprint density at radius 2 is 2.05 bits per heavy atom. The van der Waals surface area contributed by atoms with Gasteiger partial charge in [0.2, 0.25) is 5.91 Å². The summed E-state index contributed by atoms with van der Waals surface area (Å²) >= 11 is 0. The van der Waals surface area contributed by atoms with E-state index in [-0.39, 0.29) is 18.4 Å². The molecule has 4 nitrogen and oxygen atoms in total. The number of aliphatic carboxylic acids is 1. The van der Waals surface area contributed by atoms with Crippen molar-refractivity contribution in [1.29, 1.82) is 0 Å². The van der Waals surface area contributed by atoms with Crippen LogP contribution in [-0.4, -0.2) is 28.4 Å². The second-order valence-electron chi connectivity index (χ2n) is 6.33. The number of benzene rings is 1. The molecule has 21 heavy (non-hydrogen) atoms. The number of carbonyl (C=O) groups excluding carboxylic acids is 1. The van der Waals surface area contributed by atoms with Crippen LogP contribution in [0.3, 0.4) is 0 Å². The van der Waals surface area contributed by atoms with Gasteiger partial charge in [0.1, 0.15) is 0 Å². The highest BCUT2D eigenvalue weighted by atomic mass is 16.4. The van der Waals surface area contributed by atoms with E-state index < -0.39 is 11.4 Å². The topological polar surface area (TPSA) is 57.6 Å². The van der Waals surface area contributed by atoms with Crippen molar-refractivity contribution in [2.75, 3.05) is 6.54 Å². The Hall–Kier alpha value is -1.84. The second kappa shape index (κ2) is 5.17. The van der Waals surface area contributed by atoms with Gasteiger partial charge in [-0.2, -0.15) is 0 Å². The fraction of sp³-hybridized carbons (Fsp3) is 0.529. The number of carboxylic acid groups (broad SMARTS) is 1. The monoisotopic (exact) mass is 287 g/mol. The maximum absolute atomic E-state index is 12.6. The Bertz CT molecular complexity index is 577. The Labute approximate surface area is 124 Å². The largest absolute Gasteiger partial charge is 0.481 e. The summed E-state index contributed by atoms with van der Waals surface area (Å²) in [5.74, 6) is -0.828. The van der Waals surface area contributed by atoms with Gasteiger partial charge in [-0.15, -0.1) is 0 Å². The number of fused-ring (bicyclic) bond motifs is 1. The van der Waals surface area contributed by atoms with E-state index in [0.29, 0.717) is 19.4 Å². The summed E-state index contributed by atoms with van der Waals surface area (Å²) in [6.07, 6.45) is 3.18. The molecule has 0 bridgehead atoms. The average Bonchev–Trinajstić information content (AvgIpc) is 2.43. The lowest BCUT2D eigenvalue weighted by Gasteiger charge is -2.41. The molecule has 3 rings (SSSR count). The number of hydrogen-bond acceptors (Lipinski definition) is 2. The highest BCUT2D eigenvalue weighted by molar-refractivity contribution is 5.86. The first-order chi connectivity index (χ1) is 10.0. The predicted molar refractivity (Wildman–Crippen MR) is 78.8 cm³/mol. The van der Waals surface area contributed by atoms with Gasteiger partial charge in [-0.05, 0) is 37.3 Å². The molecule has 4 heteroatoms. The first-order valence-corrected chi connectivity index (χ1v) is 7.64. The first kappa shape index (κ1) is 14.1. The van der Waals surface area contributed by atoms with E-state index in [1.165, 1.54) is 11.1 Å². The third-order valence-corrected chi connectivity index (χ3v) is 5.17. The van der Waals surface area contributed by atoms with Gasteiger partial charge in [0.05, 0.1) is 11.5 Å². The zero-order valence-electron chi connectivity index (χ0n) is 12.3. The fourth-order valence-electron chi connectivity index (χ4n) is 3.57. The number of carboxylic acids is 1. The summed E-state index contributed by atoms with van der Waals surface area (Å²) in [6.45, 7) is 2.72. The summed E-state index contributed by atoms with van der Waals surface area (Å²) in [5, 5.41) is 9.38. The smallest absolute Gasteiger partial charge is 0.310 e. The van der Waals surface area contributed by atoms with Gasteiger partial charge >= 0.3 is 5.97 Å². The molecule has 0 aromatic heterocycles. The number of rotatable bonds is 3. The normalized spacial score (nSPS) is 23.1. The molecule has 1 aliphatic heterocycles. The molecular weight excluding hydrogens is 266 g/mol. The van der Waals surface area contributed by atoms with Crippen LogP contribution in [0.25, 0.3) is 0 Å². The lowest BCUT2D eigenvalue weighted by molar-refractivity contribution is -0.160. The minimum Gasteiger partial charge on any atom is -0.481 e. The fourth-order valence-corrected chi connectivity index (χ4v) is 3.57. The SMILES string of the molecule is CC1c2ccccc2CCN1C(=O)CC1(C(=O)O)CCC1. The molecule has 1 unspecified atom stereocenters. The number of amides is 1. The van der Waals surface area contributed by atoms with Crippen LogP contribution in [0.15, 0.2) is 24.3 Å².